The summed E-state index contributed by atoms with van der Waals surface area (Å²) in [4.78, 5) is 3.64. The van der Waals surface area contributed by atoms with E-state index in [0.717, 1.165) is 33.8 Å². The topological polar surface area (TPSA) is 37.0 Å². The first-order valence-electron chi connectivity index (χ1n) is 9.68. The number of aromatic nitrogens is 1. The third-order valence-corrected chi connectivity index (χ3v) is 6.17. The van der Waals surface area contributed by atoms with Crippen molar-refractivity contribution in [2.75, 3.05) is 6.54 Å². The van der Waals surface area contributed by atoms with Crippen molar-refractivity contribution in [3.05, 3.63) is 98.6 Å². The zero-order chi connectivity index (χ0) is 19.8. The van der Waals surface area contributed by atoms with Crippen molar-refractivity contribution in [3.8, 4) is 5.75 Å². The normalized spacial score (nSPS) is 16.0. The zero-order valence-electron chi connectivity index (χ0n) is 15.7. The summed E-state index contributed by atoms with van der Waals surface area (Å²) in [5.74, 6) is 0.866. The van der Waals surface area contributed by atoms with Crippen LogP contribution in [0.4, 0.5) is 0 Å². The Bertz CT molecular complexity index is 1170. The molecule has 29 heavy (non-hydrogen) atoms. The maximum atomic E-state index is 6.04. The van der Waals surface area contributed by atoms with Crippen LogP contribution >= 0.6 is 27.5 Å². The van der Waals surface area contributed by atoms with Gasteiger partial charge in [0.1, 0.15) is 12.4 Å². The average Bonchev–Trinajstić information content (AvgIpc) is 3.11. The van der Waals surface area contributed by atoms with Gasteiger partial charge in [-0.15, -0.1) is 0 Å². The summed E-state index contributed by atoms with van der Waals surface area (Å²) in [5, 5.41) is 5.70. The number of halogens is 2. The van der Waals surface area contributed by atoms with Gasteiger partial charge >= 0.3 is 0 Å². The molecular formula is C24H20BrClN2O. The van der Waals surface area contributed by atoms with E-state index >= 15 is 0 Å². The van der Waals surface area contributed by atoms with Crippen LogP contribution in [0, 0.1) is 0 Å². The summed E-state index contributed by atoms with van der Waals surface area (Å²) in [6.45, 7) is 1.47. The Balaban J connectivity index is 1.43. The Labute approximate surface area is 183 Å². The second kappa shape index (κ2) is 7.86. The Morgan fingerprint density at radius 3 is 2.76 bits per heavy atom. The molecule has 0 bridgehead atoms. The molecule has 1 atom stereocenters. The minimum absolute atomic E-state index is 0.129. The molecule has 146 valence electrons. The van der Waals surface area contributed by atoms with E-state index < -0.39 is 0 Å². The molecule has 0 saturated carbocycles. The fraction of sp³-hybridized carbons (Fsp3) is 0.167. The first-order valence-corrected chi connectivity index (χ1v) is 10.8. The van der Waals surface area contributed by atoms with E-state index in [9.17, 15) is 0 Å². The average molecular weight is 468 g/mol. The van der Waals surface area contributed by atoms with Crippen LogP contribution < -0.4 is 10.1 Å². The molecule has 2 heterocycles. The molecule has 1 aliphatic rings. The number of fused-ring (bicyclic) bond motifs is 3. The number of ether oxygens (including phenoxy) is 1. The number of hydrogen-bond acceptors (Lipinski definition) is 2. The van der Waals surface area contributed by atoms with Crippen LogP contribution in [0.1, 0.15) is 28.4 Å². The van der Waals surface area contributed by atoms with Gasteiger partial charge in [0.25, 0.3) is 0 Å². The second-order valence-electron chi connectivity index (χ2n) is 7.33. The summed E-state index contributed by atoms with van der Waals surface area (Å²) < 4.78 is 7.15. The van der Waals surface area contributed by atoms with Gasteiger partial charge in [-0.3, -0.25) is 0 Å². The monoisotopic (exact) mass is 466 g/mol. The predicted molar refractivity (Wildman–Crippen MR) is 122 cm³/mol. The molecule has 1 aliphatic heterocycles. The van der Waals surface area contributed by atoms with Crippen molar-refractivity contribution >= 4 is 38.4 Å². The van der Waals surface area contributed by atoms with Crippen LogP contribution in [0.5, 0.6) is 5.75 Å². The largest absolute Gasteiger partial charge is 0.489 e. The minimum atomic E-state index is 0.129. The number of aromatic amines is 1. The van der Waals surface area contributed by atoms with E-state index in [0.29, 0.717) is 6.61 Å². The Kier molecular flexibility index (Phi) is 5.08. The lowest BCUT2D eigenvalue weighted by molar-refractivity contribution is 0.305. The number of rotatable bonds is 4. The van der Waals surface area contributed by atoms with Crippen LogP contribution in [0.25, 0.3) is 10.9 Å². The van der Waals surface area contributed by atoms with E-state index in [-0.39, 0.29) is 6.04 Å². The Morgan fingerprint density at radius 1 is 1.03 bits per heavy atom. The predicted octanol–water partition coefficient (Wildman–Crippen LogP) is 6.40. The van der Waals surface area contributed by atoms with Crippen LogP contribution in [0.15, 0.2) is 71.2 Å². The van der Waals surface area contributed by atoms with E-state index in [4.69, 9.17) is 16.3 Å². The highest BCUT2D eigenvalue weighted by atomic mass is 79.9. The number of benzene rings is 3. The first kappa shape index (κ1) is 18.7. The summed E-state index contributed by atoms with van der Waals surface area (Å²) in [5.41, 5.74) is 6.13. The molecule has 0 amide bonds. The fourth-order valence-corrected chi connectivity index (χ4v) is 4.50. The van der Waals surface area contributed by atoms with Crippen LogP contribution in [0.2, 0.25) is 5.02 Å². The molecule has 0 aliphatic carbocycles. The maximum Gasteiger partial charge on any atom is 0.120 e. The maximum absolute atomic E-state index is 6.04. The lowest BCUT2D eigenvalue weighted by Gasteiger charge is -2.25. The molecule has 0 spiro atoms. The third kappa shape index (κ3) is 3.80. The number of nitrogens with one attached hydrogen (secondary N) is 2. The fourth-order valence-electron chi connectivity index (χ4n) is 4.02. The second-order valence-corrected chi connectivity index (χ2v) is 8.68. The molecule has 0 fully saturated rings. The van der Waals surface area contributed by atoms with E-state index in [1.165, 1.54) is 27.7 Å². The molecule has 3 aromatic carbocycles. The van der Waals surface area contributed by atoms with E-state index in [1.54, 1.807) is 0 Å². The van der Waals surface area contributed by atoms with Crippen molar-refractivity contribution < 1.29 is 4.74 Å². The summed E-state index contributed by atoms with van der Waals surface area (Å²) in [7, 11) is 0. The van der Waals surface area contributed by atoms with Crippen molar-refractivity contribution in [3.63, 3.8) is 0 Å². The highest BCUT2D eigenvalue weighted by Gasteiger charge is 2.25. The molecule has 3 nitrogen and oxygen atoms in total. The molecule has 5 heteroatoms. The molecule has 1 aromatic heterocycles. The molecule has 1 unspecified atom stereocenters. The molecule has 4 aromatic rings. The zero-order valence-corrected chi connectivity index (χ0v) is 18.1. The van der Waals surface area contributed by atoms with Crippen molar-refractivity contribution in [1.82, 2.24) is 10.3 Å². The molecule has 0 saturated heterocycles. The van der Waals surface area contributed by atoms with E-state index in [2.05, 4.69) is 62.6 Å². The van der Waals surface area contributed by atoms with Crippen molar-refractivity contribution in [2.45, 2.75) is 19.1 Å². The summed E-state index contributed by atoms with van der Waals surface area (Å²) in [6.07, 6.45) is 1.02. The molecule has 2 N–H and O–H groups in total. The highest BCUT2D eigenvalue weighted by molar-refractivity contribution is 9.10. The summed E-state index contributed by atoms with van der Waals surface area (Å²) >= 11 is 9.56. The van der Waals surface area contributed by atoms with E-state index in [1.807, 2.05) is 30.3 Å². The minimum Gasteiger partial charge on any atom is -0.489 e. The molecule has 0 radical (unpaired) electrons. The smallest absolute Gasteiger partial charge is 0.120 e. The van der Waals surface area contributed by atoms with Gasteiger partial charge in [-0.1, -0.05) is 51.8 Å². The quantitative estimate of drug-likeness (QED) is 0.364. The number of hydrogen-bond donors (Lipinski definition) is 2. The lowest BCUT2D eigenvalue weighted by atomic mass is 9.94. The molecule has 5 rings (SSSR count). The third-order valence-electron chi connectivity index (χ3n) is 5.42. The van der Waals surface area contributed by atoms with Gasteiger partial charge in [0.2, 0.25) is 0 Å². The number of H-pyrrole nitrogens is 1. The lowest BCUT2D eigenvalue weighted by Crippen LogP contribution is -2.30. The van der Waals surface area contributed by atoms with Crippen LogP contribution in [0.3, 0.4) is 0 Å². The molecular weight excluding hydrogens is 448 g/mol. The Morgan fingerprint density at radius 2 is 1.90 bits per heavy atom. The van der Waals surface area contributed by atoms with Gasteiger partial charge < -0.3 is 15.0 Å². The Hall–Kier alpha value is -2.27. The summed E-state index contributed by atoms with van der Waals surface area (Å²) in [6, 6.07) is 22.7. The standard InChI is InChI=1S/C24H20BrClN2O/c25-17-6-9-22-21(13-17)20-10-11-27-23(24(20)28-22)16-2-1-3-19(12-16)29-14-15-4-7-18(26)8-5-15/h1-9,12-13,23,27-28H,10-11,14H2. The van der Waals surface area contributed by atoms with Gasteiger partial charge in [0, 0.05) is 32.6 Å². The van der Waals surface area contributed by atoms with Crippen LogP contribution in [-0.4, -0.2) is 11.5 Å². The van der Waals surface area contributed by atoms with Gasteiger partial charge in [0.15, 0.2) is 0 Å². The first-order chi connectivity index (χ1) is 14.2. The van der Waals surface area contributed by atoms with Crippen molar-refractivity contribution in [1.29, 1.82) is 0 Å². The highest BCUT2D eigenvalue weighted by Crippen LogP contribution is 2.35. The van der Waals surface area contributed by atoms with Gasteiger partial charge in [0.05, 0.1) is 6.04 Å². The van der Waals surface area contributed by atoms with Gasteiger partial charge in [-0.05, 0) is 65.6 Å². The van der Waals surface area contributed by atoms with Gasteiger partial charge in [-0.2, -0.15) is 0 Å². The van der Waals surface area contributed by atoms with Gasteiger partial charge in [-0.25, -0.2) is 0 Å². The van der Waals surface area contributed by atoms with Crippen molar-refractivity contribution in [2.24, 2.45) is 0 Å². The van der Waals surface area contributed by atoms with Crippen LogP contribution in [-0.2, 0) is 13.0 Å². The SMILES string of the molecule is Clc1ccc(COc2cccc(C3NCCc4c3[nH]c3ccc(Br)cc43)c2)cc1.